The van der Waals surface area contributed by atoms with Crippen molar-refractivity contribution in [2.45, 2.75) is 96.8 Å². The molecule has 23 heavy (non-hydrogen) atoms. The zero-order valence-corrected chi connectivity index (χ0v) is 18.6. The van der Waals surface area contributed by atoms with Gasteiger partial charge in [0.1, 0.15) is 0 Å². The minimum absolute atomic E-state index is 0.822. The van der Waals surface area contributed by atoms with Crippen molar-refractivity contribution < 1.29 is 0 Å². The highest BCUT2D eigenvalue weighted by Gasteiger charge is 1.93. The first-order valence-corrected chi connectivity index (χ1v) is 11.6. The van der Waals surface area contributed by atoms with Crippen LogP contribution in [0.3, 0.4) is 0 Å². The van der Waals surface area contributed by atoms with Crippen LogP contribution in [-0.4, -0.2) is 36.8 Å². The Morgan fingerprint density at radius 1 is 0.652 bits per heavy atom. The van der Waals surface area contributed by atoms with Crippen molar-refractivity contribution >= 4 is 27.5 Å². The lowest BCUT2D eigenvalue weighted by Gasteiger charge is -2.08. The van der Waals surface area contributed by atoms with Gasteiger partial charge in [0.15, 0.2) is 0 Å². The second-order valence-electron chi connectivity index (χ2n) is 6.78. The maximum Gasteiger partial charge on any atom is 0.0223 e. The van der Waals surface area contributed by atoms with Gasteiger partial charge in [0.2, 0.25) is 0 Å². The van der Waals surface area contributed by atoms with Crippen LogP contribution in [0.4, 0.5) is 0 Å². The van der Waals surface area contributed by atoms with E-state index in [2.05, 4.69) is 41.8 Å². The maximum atomic E-state index is 5.47. The number of unbranched alkanes of at least 4 members (excludes halogenated alkanes) is 12. The highest BCUT2D eigenvalue weighted by Crippen LogP contribution is 2.10. The van der Waals surface area contributed by atoms with Gasteiger partial charge < -0.3 is 4.90 Å². The molecular weight excluding hydrogens is 370 g/mol. The summed E-state index contributed by atoms with van der Waals surface area (Å²) in [6.07, 6.45) is 19.4. The molecule has 0 bridgehead atoms. The Balaban J connectivity index is 0. The van der Waals surface area contributed by atoms with E-state index in [0.29, 0.717) is 0 Å². The quantitative estimate of drug-likeness (QED) is 0.186. The number of hydrogen-bond donors (Lipinski definition) is 0. The third-order valence-corrected chi connectivity index (χ3v) is 4.80. The molecule has 0 aromatic rings. The van der Waals surface area contributed by atoms with E-state index in [9.17, 15) is 0 Å². The van der Waals surface area contributed by atoms with Crippen LogP contribution in [0.1, 0.15) is 96.8 Å². The zero-order chi connectivity index (χ0) is 17.6. The molecule has 0 N–H and O–H groups in total. The van der Waals surface area contributed by atoms with E-state index in [-0.39, 0.29) is 0 Å². The lowest BCUT2D eigenvalue weighted by molar-refractivity contribution is 0.389. The first kappa shape index (κ1) is 26.0. The van der Waals surface area contributed by atoms with Crippen LogP contribution in [0.2, 0.25) is 0 Å². The topological polar surface area (TPSA) is 3.24 Å². The molecular formula is C20H43BrClN. The highest BCUT2D eigenvalue weighted by molar-refractivity contribution is 9.09. The Morgan fingerprint density at radius 3 is 1.52 bits per heavy atom. The summed E-state index contributed by atoms with van der Waals surface area (Å²) in [6, 6.07) is 0. The number of hydrogen-bond acceptors (Lipinski definition) is 1. The Hall–Kier alpha value is 0.730. The van der Waals surface area contributed by atoms with Crippen molar-refractivity contribution in [2.75, 3.05) is 31.9 Å². The van der Waals surface area contributed by atoms with Gasteiger partial charge in [0.25, 0.3) is 0 Å². The van der Waals surface area contributed by atoms with Gasteiger partial charge >= 0.3 is 0 Å². The minimum atomic E-state index is 0.822. The molecule has 0 aliphatic carbocycles. The summed E-state index contributed by atoms with van der Waals surface area (Å²) in [7, 11) is 4.32. The van der Waals surface area contributed by atoms with Crippen LogP contribution in [0.15, 0.2) is 0 Å². The van der Waals surface area contributed by atoms with Gasteiger partial charge in [0, 0.05) is 11.2 Å². The first-order chi connectivity index (χ1) is 11.2. The predicted octanol–water partition coefficient (Wildman–Crippen LogP) is 7.65. The number of alkyl halides is 2. The van der Waals surface area contributed by atoms with E-state index < -0.39 is 0 Å². The number of nitrogens with zero attached hydrogens (tertiary/aromatic N) is 1. The summed E-state index contributed by atoms with van der Waals surface area (Å²) in [6.45, 7) is 3.54. The van der Waals surface area contributed by atoms with Crippen molar-refractivity contribution in [1.82, 2.24) is 4.90 Å². The van der Waals surface area contributed by atoms with Crippen molar-refractivity contribution in [1.29, 1.82) is 0 Å². The standard InChI is InChI=1S/C14H31N.C6H12BrCl/c1-4-5-6-7-8-9-10-11-12-13-14-15(2)3;7-5-3-1-2-4-6-8/h4-14H2,1-3H3;1-6H2. The molecule has 0 unspecified atom stereocenters. The van der Waals surface area contributed by atoms with Gasteiger partial charge in [-0.1, -0.05) is 93.5 Å². The molecule has 0 spiro atoms. The van der Waals surface area contributed by atoms with E-state index in [1.807, 2.05) is 0 Å². The number of rotatable bonds is 16. The normalized spacial score (nSPS) is 10.7. The molecule has 0 aromatic carbocycles. The largest absolute Gasteiger partial charge is 0.309 e. The highest BCUT2D eigenvalue weighted by atomic mass is 79.9. The van der Waals surface area contributed by atoms with E-state index >= 15 is 0 Å². The molecule has 0 saturated carbocycles. The summed E-state index contributed by atoms with van der Waals surface area (Å²) in [5, 5.41) is 1.13. The maximum absolute atomic E-state index is 5.47. The van der Waals surface area contributed by atoms with Gasteiger partial charge in [0.05, 0.1) is 0 Å². The minimum Gasteiger partial charge on any atom is -0.309 e. The van der Waals surface area contributed by atoms with Gasteiger partial charge in [-0.25, -0.2) is 0 Å². The molecule has 0 rings (SSSR count). The van der Waals surface area contributed by atoms with Crippen molar-refractivity contribution in [3.63, 3.8) is 0 Å². The van der Waals surface area contributed by atoms with Crippen LogP contribution in [0.25, 0.3) is 0 Å². The molecule has 142 valence electrons. The fraction of sp³-hybridized carbons (Fsp3) is 1.00. The van der Waals surface area contributed by atoms with Crippen molar-refractivity contribution in [3.8, 4) is 0 Å². The monoisotopic (exact) mass is 411 g/mol. The summed E-state index contributed by atoms with van der Waals surface area (Å²) < 4.78 is 0. The van der Waals surface area contributed by atoms with Crippen LogP contribution in [0.5, 0.6) is 0 Å². The average molecular weight is 413 g/mol. The molecule has 0 aliphatic heterocycles. The van der Waals surface area contributed by atoms with Crippen LogP contribution in [-0.2, 0) is 0 Å². The first-order valence-electron chi connectivity index (χ1n) is 9.95. The Kier molecular flexibility index (Phi) is 28.2. The molecule has 0 heterocycles. The summed E-state index contributed by atoms with van der Waals surface area (Å²) in [5.74, 6) is 0.822. The molecule has 3 heteroatoms. The molecule has 0 aliphatic rings. The van der Waals surface area contributed by atoms with Crippen molar-refractivity contribution in [3.05, 3.63) is 0 Å². The fourth-order valence-electron chi connectivity index (χ4n) is 2.46. The van der Waals surface area contributed by atoms with Crippen LogP contribution < -0.4 is 0 Å². The SMILES string of the molecule is CCCCCCCCCCCCN(C)C.ClCCCCCCBr. The lowest BCUT2D eigenvalue weighted by atomic mass is 10.1. The number of halogens is 2. The van der Waals surface area contributed by atoms with Crippen molar-refractivity contribution in [2.24, 2.45) is 0 Å². The summed E-state index contributed by atoms with van der Waals surface area (Å²) >= 11 is 8.84. The molecule has 0 amide bonds. The van der Waals surface area contributed by atoms with Crippen LogP contribution in [0, 0.1) is 0 Å². The van der Waals surface area contributed by atoms with Crippen LogP contribution >= 0.6 is 27.5 Å². The third kappa shape index (κ3) is 31.1. The van der Waals surface area contributed by atoms with Gasteiger partial charge in [-0.2, -0.15) is 0 Å². The molecule has 0 fully saturated rings. The Labute approximate surface area is 161 Å². The fourth-order valence-corrected chi connectivity index (χ4v) is 3.04. The van der Waals surface area contributed by atoms with E-state index in [1.54, 1.807) is 0 Å². The summed E-state index contributed by atoms with van der Waals surface area (Å²) in [5.41, 5.74) is 0. The van der Waals surface area contributed by atoms with Gasteiger partial charge in [-0.3, -0.25) is 0 Å². The molecule has 0 aromatic heterocycles. The molecule has 0 saturated heterocycles. The smallest absolute Gasteiger partial charge is 0.0223 e. The second-order valence-corrected chi connectivity index (χ2v) is 7.95. The predicted molar refractivity (Wildman–Crippen MR) is 113 cm³/mol. The average Bonchev–Trinajstić information content (AvgIpc) is 2.54. The Bertz CT molecular complexity index is 182. The molecule has 1 nitrogen and oxygen atoms in total. The third-order valence-electron chi connectivity index (χ3n) is 3.98. The van der Waals surface area contributed by atoms with Gasteiger partial charge in [-0.15, -0.1) is 11.6 Å². The molecule has 0 atom stereocenters. The summed E-state index contributed by atoms with van der Waals surface area (Å²) in [4.78, 5) is 2.28. The molecule has 0 radical (unpaired) electrons. The zero-order valence-electron chi connectivity index (χ0n) is 16.2. The lowest BCUT2D eigenvalue weighted by Crippen LogP contribution is -2.12. The van der Waals surface area contributed by atoms with E-state index in [4.69, 9.17) is 11.6 Å². The van der Waals surface area contributed by atoms with E-state index in [1.165, 1.54) is 96.4 Å². The second kappa shape index (κ2) is 25.0. The van der Waals surface area contributed by atoms with Gasteiger partial charge in [-0.05, 0) is 39.9 Å². The Morgan fingerprint density at radius 2 is 1.09 bits per heavy atom. The van der Waals surface area contributed by atoms with E-state index in [0.717, 1.165) is 11.2 Å².